The number of anilines is 1. The van der Waals surface area contributed by atoms with Crippen molar-refractivity contribution in [3.8, 4) is 11.6 Å². The minimum atomic E-state index is -0.617. The first-order valence-corrected chi connectivity index (χ1v) is 7.03. The average Bonchev–Trinajstić information content (AvgIpc) is 2.52. The minimum Gasteiger partial charge on any atom is -0.435 e. The summed E-state index contributed by atoms with van der Waals surface area (Å²) in [6, 6.07) is 11.5. The summed E-state index contributed by atoms with van der Waals surface area (Å²) in [4.78, 5) is 7.75. The van der Waals surface area contributed by atoms with Crippen molar-refractivity contribution in [3.05, 3.63) is 52.9 Å². The maximum Gasteiger partial charge on any atom is 0.260 e. The largest absolute Gasteiger partial charge is 0.435 e. The molecule has 3 rings (SSSR count). The number of hydrogen-bond donors (Lipinski definition) is 1. The maximum absolute atomic E-state index is 13.7. The van der Waals surface area contributed by atoms with Crippen molar-refractivity contribution in [2.24, 2.45) is 0 Å². The van der Waals surface area contributed by atoms with E-state index in [1.807, 2.05) is 30.3 Å². The highest BCUT2D eigenvalue weighted by molar-refractivity contribution is 9.10. The van der Waals surface area contributed by atoms with E-state index in [1.54, 1.807) is 13.1 Å². The quantitative estimate of drug-likeness (QED) is 0.764. The predicted octanol–water partition coefficient (Wildman–Crippen LogP) is 4.37. The molecule has 1 N–H and O–H groups in total. The van der Waals surface area contributed by atoms with Crippen LogP contribution in [-0.4, -0.2) is 17.0 Å². The minimum absolute atomic E-state index is 0.120. The Kier molecular flexibility index (Phi) is 3.70. The molecule has 0 aliphatic carbocycles. The summed E-state index contributed by atoms with van der Waals surface area (Å²) in [6.07, 6.45) is 1.07. The Labute approximate surface area is 129 Å². The zero-order chi connectivity index (χ0) is 14.8. The van der Waals surface area contributed by atoms with Crippen LogP contribution in [0.1, 0.15) is 0 Å². The molecule has 0 radical (unpaired) electrons. The number of nitrogens with zero attached hydrogens (tertiary/aromatic N) is 2. The average molecular weight is 348 g/mol. The van der Waals surface area contributed by atoms with Crippen molar-refractivity contribution in [1.82, 2.24) is 9.97 Å². The molecule has 106 valence electrons. The second-order valence-corrected chi connectivity index (χ2v) is 5.09. The van der Waals surface area contributed by atoms with Gasteiger partial charge in [-0.3, -0.25) is 0 Å². The standard InChI is InChI=1S/C15H11BrFN3O/c1-18-15-19-8-11(17)14(20-15)21-12-7-6-9-4-2-3-5-10(9)13(12)16/h2-8H,1H3,(H,18,19,20). The highest BCUT2D eigenvalue weighted by Crippen LogP contribution is 2.35. The van der Waals surface area contributed by atoms with E-state index in [1.165, 1.54) is 0 Å². The molecule has 0 saturated carbocycles. The number of fused-ring (bicyclic) bond motifs is 1. The molecular weight excluding hydrogens is 337 g/mol. The van der Waals surface area contributed by atoms with E-state index in [0.29, 0.717) is 11.7 Å². The van der Waals surface area contributed by atoms with Crippen LogP contribution in [0.2, 0.25) is 0 Å². The molecule has 0 spiro atoms. The lowest BCUT2D eigenvalue weighted by Gasteiger charge is -2.10. The van der Waals surface area contributed by atoms with E-state index in [9.17, 15) is 4.39 Å². The van der Waals surface area contributed by atoms with Gasteiger partial charge in [0.25, 0.3) is 5.88 Å². The molecule has 0 unspecified atom stereocenters. The molecule has 0 bridgehead atoms. The third-order valence-electron chi connectivity index (χ3n) is 2.97. The Morgan fingerprint density at radius 2 is 2.00 bits per heavy atom. The number of hydrogen-bond acceptors (Lipinski definition) is 4. The summed E-state index contributed by atoms with van der Waals surface area (Å²) in [7, 11) is 1.66. The second kappa shape index (κ2) is 5.65. The fourth-order valence-electron chi connectivity index (χ4n) is 1.94. The molecule has 0 amide bonds. The van der Waals surface area contributed by atoms with Crippen LogP contribution in [0.15, 0.2) is 47.1 Å². The first-order chi connectivity index (χ1) is 10.2. The Bertz CT molecular complexity index is 810. The van der Waals surface area contributed by atoms with Crippen LogP contribution in [0.3, 0.4) is 0 Å². The summed E-state index contributed by atoms with van der Waals surface area (Å²) in [5.41, 5.74) is 0. The Balaban J connectivity index is 2.04. The molecule has 0 saturated heterocycles. The van der Waals surface area contributed by atoms with Crippen LogP contribution in [0.5, 0.6) is 11.6 Å². The van der Waals surface area contributed by atoms with E-state index in [4.69, 9.17) is 4.74 Å². The van der Waals surface area contributed by atoms with E-state index >= 15 is 0 Å². The van der Waals surface area contributed by atoms with Gasteiger partial charge in [-0.25, -0.2) is 4.98 Å². The fourth-order valence-corrected chi connectivity index (χ4v) is 2.51. The van der Waals surface area contributed by atoms with E-state index in [-0.39, 0.29) is 5.88 Å². The molecule has 21 heavy (non-hydrogen) atoms. The summed E-state index contributed by atoms with van der Waals surface area (Å²) in [6.45, 7) is 0. The Hall–Kier alpha value is -2.21. The van der Waals surface area contributed by atoms with Gasteiger partial charge >= 0.3 is 0 Å². The zero-order valence-corrected chi connectivity index (χ0v) is 12.7. The number of nitrogens with one attached hydrogen (secondary N) is 1. The van der Waals surface area contributed by atoms with Crippen molar-refractivity contribution in [1.29, 1.82) is 0 Å². The fraction of sp³-hybridized carbons (Fsp3) is 0.0667. The lowest BCUT2D eigenvalue weighted by Crippen LogP contribution is -2.00. The van der Waals surface area contributed by atoms with Crippen LogP contribution < -0.4 is 10.1 Å². The highest BCUT2D eigenvalue weighted by Gasteiger charge is 2.12. The first kappa shape index (κ1) is 13.8. The summed E-state index contributed by atoms with van der Waals surface area (Å²) < 4.78 is 20.1. The number of halogens is 2. The van der Waals surface area contributed by atoms with Crippen LogP contribution in [0.25, 0.3) is 10.8 Å². The van der Waals surface area contributed by atoms with Gasteiger partial charge in [-0.2, -0.15) is 9.37 Å². The lowest BCUT2D eigenvalue weighted by molar-refractivity contribution is 0.419. The highest BCUT2D eigenvalue weighted by atomic mass is 79.9. The van der Waals surface area contributed by atoms with Crippen molar-refractivity contribution < 1.29 is 9.13 Å². The molecule has 4 nitrogen and oxygen atoms in total. The van der Waals surface area contributed by atoms with Gasteiger partial charge in [0.05, 0.1) is 10.7 Å². The van der Waals surface area contributed by atoms with Gasteiger partial charge < -0.3 is 10.1 Å². The second-order valence-electron chi connectivity index (χ2n) is 4.30. The molecule has 0 aliphatic heterocycles. The number of aromatic nitrogens is 2. The predicted molar refractivity (Wildman–Crippen MR) is 83.3 cm³/mol. The molecular formula is C15H11BrFN3O. The van der Waals surface area contributed by atoms with Crippen LogP contribution in [-0.2, 0) is 0 Å². The topological polar surface area (TPSA) is 47.0 Å². The van der Waals surface area contributed by atoms with E-state index in [2.05, 4.69) is 31.2 Å². The maximum atomic E-state index is 13.7. The van der Waals surface area contributed by atoms with Gasteiger partial charge in [0.1, 0.15) is 5.75 Å². The van der Waals surface area contributed by atoms with Gasteiger partial charge in [-0.1, -0.05) is 30.3 Å². The van der Waals surface area contributed by atoms with Gasteiger partial charge in [0.15, 0.2) is 0 Å². The van der Waals surface area contributed by atoms with Crippen molar-refractivity contribution >= 4 is 32.7 Å². The molecule has 0 aliphatic rings. The zero-order valence-electron chi connectivity index (χ0n) is 11.1. The normalized spacial score (nSPS) is 10.6. The molecule has 0 atom stereocenters. The smallest absolute Gasteiger partial charge is 0.260 e. The molecule has 1 heterocycles. The van der Waals surface area contributed by atoms with Crippen LogP contribution in [0, 0.1) is 5.82 Å². The first-order valence-electron chi connectivity index (χ1n) is 6.24. The number of rotatable bonds is 3. The van der Waals surface area contributed by atoms with Crippen molar-refractivity contribution in [2.45, 2.75) is 0 Å². The summed E-state index contributed by atoms with van der Waals surface area (Å²) in [5.74, 6) is 0.0519. The van der Waals surface area contributed by atoms with Gasteiger partial charge in [0.2, 0.25) is 11.8 Å². The number of ether oxygens (including phenoxy) is 1. The molecule has 2 aromatic carbocycles. The SMILES string of the molecule is CNc1ncc(F)c(Oc2ccc3ccccc3c2Br)n1. The van der Waals surface area contributed by atoms with Gasteiger partial charge in [-0.05, 0) is 32.8 Å². The van der Waals surface area contributed by atoms with Crippen LogP contribution in [0.4, 0.5) is 10.3 Å². The lowest BCUT2D eigenvalue weighted by atomic mass is 10.1. The van der Waals surface area contributed by atoms with Crippen LogP contribution >= 0.6 is 15.9 Å². The van der Waals surface area contributed by atoms with E-state index in [0.717, 1.165) is 21.4 Å². The molecule has 6 heteroatoms. The van der Waals surface area contributed by atoms with Gasteiger partial charge in [-0.15, -0.1) is 0 Å². The molecule has 1 aromatic heterocycles. The Morgan fingerprint density at radius 1 is 1.19 bits per heavy atom. The van der Waals surface area contributed by atoms with Crippen molar-refractivity contribution in [2.75, 3.05) is 12.4 Å². The third-order valence-corrected chi connectivity index (χ3v) is 3.79. The molecule has 3 aromatic rings. The molecule has 0 fully saturated rings. The van der Waals surface area contributed by atoms with Gasteiger partial charge in [0, 0.05) is 7.05 Å². The summed E-state index contributed by atoms with van der Waals surface area (Å²) >= 11 is 3.49. The van der Waals surface area contributed by atoms with E-state index < -0.39 is 5.82 Å². The summed E-state index contributed by atoms with van der Waals surface area (Å²) in [5, 5.41) is 4.79. The third kappa shape index (κ3) is 2.67. The Morgan fingerprint density at radius 3 is 2.81 bits per heavy atom. The van der Waals surface area contributed by atoms with Crippen molar-refractivity contribution in [3.63, 3.8) is 0 Å². The number of benzene rings is 2. The monoisotopic (exact) mass is 347 g/mol.